The van der Waals surface area contributed by atoms with Crippen LogP contribution < -0.4 is 5.43 Å². The zero-order valence-electron chi connectivity index (χ0n) is 15.5. The maximum atomic E-state index is 13.0. The third kappa shape index (κ3) is 3.49. The highest BCUT2D eigenvalue weighted by Crippen LogP contribution is 2.25. The fraction of sp³-hybridized carbons (Fsp3) is 0.350. The Morgan fingerprint density at radius 1 is 1.15 bits per heavy atom. The third-order valence-corrected chi connectivity index (χ3v) is 4.57. The van der Waals surface area contributed by atoms with Gasteiger partial charge in [0.2, 0.25) is 5.43 Å². The number of halogens is 1. The number of nitrogens with zero attached hydrogens (tertiary/aromatic N) is 2. The number of Topliss-reactive ketones (excluding diaryl/α,β-unsaturated/α-hetero) is 1. The number of rotatable bonds is 3. The van der Waals surface area contributed by atoms with Gasteiger partial charge in [-0.15, -0.1) is 0 Å². The number of carbonyl (C=O) groups excluding carboxylic acids is 2. The SMILES string of the molecule is CC(C)(C)C(=O)c1cn2c(c(O)c1=O)C(=O)N(Cc1ccc(F)cc1)CC2. The van der Waals surface area contributed by atoms with Crippen molar-refractivity contribution in [1.82, 2.24) is 9.47 Å². The van der Waals surface area contributed by atoms with E-state index >= 15 is 0 Å². The molecule has 1 aliphatic rings. The van der Waals surface area contributed by atoms with Gasteiger partial charge in [-0.1, -0.05) is 32.9 Å². The molecule has 0 saturated carbocycles. The fourth-order valence-corrected chi connectivity index (χ4v) is 3.06. The van der Waals surface area contributed by atoms with Crippen molar-refractivity contribution in [2.75, 3.05) is 6.54 Å². The van der Waals surface area contributed by atoms with Crippen LogP contribution in [0.5, 0.6) is 5.75 Å². The van der Waals surface area contributed by atoms with Gasteiger partial charge in [0, 0.05) is 31.2 Å². The minimum atomic E-state index is -0.835. The first kappa shape index (κ1) is 18.8. The number of carbonyl (C=O) groups is 2. The maximum absolute atomic E-state index is 13.0. The van der Waals surface area contributed by atoms with Crippen LogP contribution in [0.2, 0.25) is 0 Å². The average molecular weight is 372 g/mol. The largest absolute Gasteiger partial charge is 0.503 e. The summed E-state index contributed by atoms with van der Waals surface area (Å²) in [6.07, 6.45) is 1.36. The first-order chi connectivity index (χ1) is 12.6. The van der Waals surface area contributed by atoms with Gasteiger partial charge < -0.3 is 14.6 Å². The molecule has 0 bridgehead atoms. The number of hydrogen-bond donors (Lipinski definition) is 1. The molecule has 0 spiro atoms. The van der Waals surface area contributed by atoms with E-state index in [9.17, 15) is 23.9 Å². The van der Waals surface area contributed by atoms with Crippen LogP contribution in [0, 0.1) is 11.2 Å². The summed E-state index contributed by atoms with van der Waals surface area (Å²) in [5.74, 6) is -1.97. The summed E-state index contributed by atoms with van der Waals surface area (Å²) >= 11 is 0. The highest BCUT2D eigenvalue weighted by atomic mass is 19.1. The number of aromatic hydroxyl groups is 1. The lowest BCUT2D eigenvalue weighted by atomic mass is 9.86. The highest BCUT2D eigenvalue weighted by Gasteiger charge is 2.33. The molecule has 3 rings (SSSR count). The lowest BCUT2D eigenvalue weighted by molar-refractivity contribution is 0.0680. The maximum Gasteiger partial charge on any atom is 0.274 e. The molecule has 1 amide bonds. The van der Waals surface area contributed by atoms with Gasteiger partial charge in [-0.3, -0.25) is 14.4 Å². The minimum Gasteiger partial charge on any atom is -0.503 e. The van der Waals surface area contributed by atoms with E-state index in [2.05, 4.69) is 0 Å². The fourth-order valence-electron chi connectivity index (χ4n) is 3.06. The Hall–Kier alpha value is -2.96. The zero-order valence-corrected chi connectivity index (χ0v) is 15.5. The van der Waals surface area contributed by atoms with Gasteiger partial charge in [0.25, 0.3) is 5.91 Å². The third-order valence-electron chi connectivity index (χ3n) is 4.57. The van der Waals surface area contributed by atoms with Gasteiger partial charge in [0.15, 0.2) is 17.2 Å². The predicted octanol–water partition coefficient (Wildman–Crippen LogP) is 2.58. The molecule has 0 fully saturated rings. The number of ketones is 1. The number of pyridine rings is 1. The topological polar surface area (TPSA) is 79.6 Å². The van der Waals surface area contributed by atoms with Gasteiger partial charge in [0.05, 0.1) is 5.56 Å². The summed E-state index contributed by atoms with van der Waals surface area (Å²) in [6, 6.07) is 5.78. The van der Waals surface area contributed by atoms with E-state index in [1.165, 1.54) is 27.8 Å². The van der Waals surface area contributed by atoms with Crippen LogP contribution in [0.15, 0.2) is 35.3 Å². The molecular formula is C20H21FN2O4. The molecule has 0 saturated heterocycles. The summed E-state index contributed by atoms with van der Waals surface area (Å²) in [5, 5.41) is 10.3. The van der Waals surface area contributed by atoms with E-state index in [0.717, 1.165) is 5.56 Å². The Morgan fingerprint density at radius 2 is 1.78 bits per heavy atom. The monoisotopic (exact) mass is 372 g/mol. The van der Waals surface area contributed by atoms with Crippen molar-refractivity contribution < 1.29 is 19.1 Å². The quantitative estimate of drug-likeness (QED) is 0.840. The standard InChI is InChI=1S/C20H21FN2O4/c1-20(2,3)18(26)14-11-22-8-9-23(10-12-4-6-13(21)7-5-12)19(27)15(22)17(25)16(14)24/h4-7,11,25H,8-10H2,1-3H3. The van der Waals surface area contributed by atoms with E-state index in [0.29, 0.717) is 13.1 Å². The van der Waals surface area contributed by atoms with Crippen molar-refractivity contribution in [2.45, 2.75) is 33.9 Å². The predicted molar refractivity (Wildman–Crippen MR) is 97.3 cm³/mol. The molecule has 1 aromatic heterocycles. The van der Waals surface area contributed by atoms with Crippen molar-refractivity contribution in [1.29, 1.82) is 0 Å². The summed E-state index contributed by atoms with van der Waals surface area (Å²) < 4.78 is 14.5. The molecule has 27 heavy (non-hydrogen) atoms. The lowest BCUT2D eigenvalue weighted by Crippen LogP contribution is -2.42. The molecule has 1 aliphatic heterocycles. The number of hydrogen-bond acceptors (Lipinski definition) is 4. The smallest absolute Gasteiger partial charge is 0.274 e. The van der Waals surface area contributed by atoms with Crippen LogP contribution in [0.1, 0.15) is 47.2 Å². The lowest BCUT2D eigenvalue weighted by Gasteiger charge is -2.31. The normalized spacial score (nSPS) is 14.2. The number of benzene rings is 1. The molecule has 2 heterocycles. The Labute approximate surface area is 155 Å². The second-order valence-corrected chi connectivity index (χ2v) is 7.69. The molecule has 0 aliphatic carbocycles. The van der Waals surface area contributed by atoms with Crippen LogP contribution in [-0.4, -0.2) is 32.8 Å². The molecule has 0 atom stereocenters. The van der Waals surface area contributed by atoms with Crippen molar-refractivity contribution in [3.8, 4) is 5.75 Å². The summed E-state index contributed by atoms with van der Waals surface area (Å²) in [6.45, 7) is 5.97. The number of amides is 1. The van der Waals surface area contributed by atoms with Gasteiger partial charge in [-0.2, -0.15) is 0 Å². The summed E-state index contributed by atoms with van der Waals surface area (Å²) in [4.78, 5) is 39.2. The molecule has 0 unspecified atom stereocenters. The van der Waals surface area contributed by atoms with E-state index in [4.69, 9.17) is 0 Å². The van der Waals surface area contributed by atoms with Gasteiger partial charge in [-0.05, 0) is 17.7 Å². The van der Waals surface area contributed by atoms with E-state index in [1.807, 2.05) is 0 Å². The Kier molecular flexibility index (Phi) is 4.63. The van der Waals surface area contributed by atoms with Crippen LogP contribution in [-0.2, 0) is 13.1 Å². The zero-order chi connectivity index (χ0) is 19.9. The van der Waals surface area contributed by atoms with Crippen molar-refractivity contribution in [3.05, 3.63) is 63.3 Å². The average Bonchev–Trinajstić information content (AvgIpc) is 2.60. The molecule has 6 nitrogen and oxygen atoms in total. The summed E-state index contributed by atoms with van der Waals surface area (Å²) in [7, 11) is 0. The van der Waals surface area contributed by atoms with Crippen LogP contribution in [0.3, 0.4) is 0 Å². The first-order valence-electron chi connectivity index (χ1n) is 8.64. The second kappa shape index (κ2) is 6.64. The van der Waals surface area contributed by atoms with Crippen molar-refractivity contribution >= 4 is 11.7 Å². The summed E-state index contributed by atoms with van der Waals surface area (Å²) in [5.41, 5.74) is -1.13. The van der Waals surface area contributed by atoms with E-state index < -0.39 is 22.5 Å². The Balaban J connectivity index is 1.96. The van der Waals surface area contributed by atoms with Crippen molar-refractivity contribution in [2.24, 2.45) is 5.41 Å². The molecule has 7 heteroatoms. The molecule has 0 radical (unpaired) electrons. The molecule has 1 aromatic carbocycles. The Bertz CT molecular complexity index is 971. The van der Waals surface area contributed by atoms with E-state index in [1.54, 1.807) is 32.9 Å². The first-order valence-corrected chi connectivity index (χ1v) is 8.64. The van der Waals surface area contributed by atoms with Gasteiger partial charge >= 0.3 is 0 Å². The molecular weight excluding hydrogens is 351 g/mol. The minimum absolute atomic E-state index is 0.122. The highest BCUT2D eigenvalue weighted by molar-refractivity contribution is 6.02. The van der Waals surface area contributed by atoms with Crippen molar-refractivity contribution in [3.63, 3.8) is 0 Å². The van der Waals surface area contributed by atoms with E-state index in [-0.39, 0.29) is 29.4 Å². The molecule has 2 aromatic rings. The van der Waals surface area contributed by atoms with Crippen LogP contribution >= 0.6 is 0 Å². The van der Waals surface area contributed by atoms with Gasteiger partial charge in [-0.25, -0.2) is 4.39 Å². The Morgan fingerprint density at radius 3 is 2.37 bits per heavy atom. The molecule has 142 valence electrons. The second-order valence-electron chi connectivity index (χ2n) is 7.69. The molecule has 1 N–H and O–H groups in total. The van der Waals surface area contributed by atoms with Crippen LogP contribution in [0.4, 0.5) is 4.39 Å². The number of fused-ring (bicyclic) bond motifs is 1. The van der Waals surface area contributed by atoms with Crippen LogP contribution in [0.25, 0.3) is 0 Å². The number of aromatic nitrogens is 1. The van der Waals surface area contributed by atoms with Gasteiger partial charge in [0.1, 0.15) is 5.82 Å².